The van der Waals surface area contributed by atoms with Gasteiger partial charge in [-0.3, -0.25) is 9.59 Å². The molecular formula is C34H35F3N6O2. The largest absolute Gasteiger partial charge is 0.416 e. The van der Waals surface area contributed by atoms with E-state index in [0.717, 1.165) is 60.0 Å². The van der Waals surface area contributed by atoms with Crippen LogP contribution in [-0.2, 0) is 28.6 Å². The number of benzene rings is 2. The Morgan fingerprint density at radius 2 is 1.04 bits per heavy atom. The summed E-state index contributed by atoms with van der Waals surface area (Å²) in [5.41, 5.74) is 4.57. The van der Waals surface area contributed by atoms with Gasteiger partial charge in [0.25, 0.3) is 0 Å². The average molecular weight is 617 g/mol. The van der Waals surface area contributed by atoms with Crippen LogP contribution in [0.4, 0.5) is 24.8 Å². The van der Waals surface area contributed by atoms with Gasteiger partial charge in [-0.2, -0.15) is 13.2 Å². The Bertz CT molecular complexity index is 1590. The fourth-order valence-corrected chi connectivity index (χ4v) is 5.42. The lowest BCUT2D eigenvalue weighted by Crippen LogP contribution is -2.35. The number of ketones is 2. The molecule has 0 aliphatic carbocycles. The van der Waals surface area contributed by atoms with Gasteiger partial charge < -0.3 is 9.80 Å². The number of aromatic nitrogens is 4. The summed E-state index contributed by atoms with van der Waals surface area (Å²) in [7, 11) is 0. The van der Waals surface area contributed by atoms with Crippen molar-refractivity contribution < 1.29 is 22.8 Å². The van der Waals surface area contributed by atoms with Crippen LogP contribution in [-0.4, -0.2) is 57.7 Å². The number of anilines is 2. The number of carbonyl (C=O) groups is 2. The lowest BCUT2D eigenvalue weighted by Gasteiger charge is -2.28. The molecule has 2 aliphatic rings. The molecule has 0 spiro atoms. The van der Waals surface area contributed by atoms with Gasteiger partial charge in [-0.25, -0.2) is 19.9 Å². The topological polar surface area (TPSA) is 92.2 Å². The van der Waals surface area contributed by atoms with Crippen LogP contribution in [0.5, 0.6) is 0 Å². The van der Waals surface area contributed by atoms with Crippen LogP contribution in [0.15, 0.2) is 73.6 Å². The summed E-state index contributed by atoms with van der Waals surface area (Å²) in [4.78, 5) is 43.9. The molecule has 234 valence electrons. The molecule has 0 amide bonds. The summed E-state index contributed by atoms with van der Waals surface area (Å²) in [6.45, 7) is 4.82. The molecule has 0 saturated carbocycles. The minimum Gasteiger partial charge on any atom is -0.355 e. The Balaban J connectivity index is 0.000000179. The quantitative estimate of drug-likeness (QED) is 0.269. The summed E-state index contributed by atoms with van der Waals surface area (Å²) in [6.07, 6.45) is 5.75. The number of hydrogen-bond acceptors (Lipinski definition) is 8. The highest BCUT2D eigenvalue weighted by Crippen LogP contribution is 2.30. The average Bonchev–Trinajstić information content (AvgIpc) is 3.04. The van der Waals surface area contributed by atoms with Gasteiger partial charge in [-0.15, -0.1) is 0 Å². The Labute approximate surface area is 260 Å². The van der Waals surface area contributed by atoms with E-state index in [0.29, 0.717) is 51.0 Å². The first-order valence-corrected chi connectivity index (χ1v) is 15.0. The zero-order chi connectivity index (χ0) is 31.8. The van der Waals surface area contributed by atoms with Gasteiger partial charge in [0.15, 0.2) is 0 Å². The Morgan fingerprint density at radius 3 is 1.44 bits per heavy atom. The standard InChI is InChI=1S/C17H16F3N3O.C17H19N3O/c18-17(19,20)14-3-1-12(2-4-14)9-13-10-21-11-22-16(13)23-7-5-15(24)6-8-23;1-13-2-4-14(5-3-13)10-15-11-18-12-19-17(15)20-8-6-16(21)7-9-20/h1-4,10-11H,5-9H2;2-5,11-12H,6-10H2,1H3. The highest BCUT2D eigenvalue weighted by Gasteiger charge is 2.30. The first-order chi connectivity index (χ1) is 21.7. The number of carbonyl (C=O) groups excluding carboxylic acids is 2. The molecule has 2 aromatic carbocycles. The van der Waals surface area contributed by atoms with Gasteiger partial charge in [0.2, 0.25) is 0 Å². The van der Waals surface area contributed by atoms with Crippen molar-refractivity contribution in [3.63, 3.8) is 0 Å². The van der Waals surface area contributed by atoms with E-state index in [1.807, 2.05) is 11.1 Å². The summed E-state index contributed by atoms with van der Waals surface area (Å²) in [6, 6.07) is 13.6. The second kappa shape index (κ2) is 14.4. The number of halogens is 3. The van der Waals surface area contributed by atoms with Crippen molar-refractivity contribution >= 4 is 23.2 Å². The number of nitrogens with zero attached hydrogens (tertiary/aromatic N) is 6. The normalized spacial score (nSPS) is 15.5. The zero-order valence-corrected chi connectivity index (χ0v) is 25.1. The van der Waals surface area contributed by atoms with Crippen LogP contribution in [0.1, 0.15) is 59.1 Å². The SMILES string of the molecule is Cc1ccc(Cc2cncnc2N2CCC(=O)CC2)cc1.O=C1CCN(c2ncncc2Cc2ccc(C(F)(F)F)cc2)CC1. The minimum atomic E-state index is -4.33. The van der Waals surface area contributed by atoms with Crippen molar-refractivity contribution in [3.05, 3.63) is 107 Å². The highest BCUT2D eigenvalue weighted by molar-refractivity contribution is 5.81. The Kier molecular flexibility index (Phi) is 10.2. The third-order valence-electron chi connectivity index (χ3n) is 7.96. The molecule has 4 heterocycles. The Morgan fingerprint density at radius 1 is 0.644 bits per heavy atom. The van der Waals surface area contributed by atoms with Gasteiger partial charge in [-0.1, -0.05) is 42.0 Å². The molecule has 2 aliphatic heterocycles. The summed E-state index contributed by atoms with van der Waals surface area (Å²) < 4.78 is 37.9. The molecule has 0 radical (unpaired) electrons. The van der Waals surface area contributed by atoms with Gasteiger partial charge >= 0.3 is 6.18 Å². The van der Waals surface area contributed by atoms with Gasteiger partial charge in [0.1, 0.15) is 35.9 Å². The lowest BCUT2D eigenvalue weighted by atomic mass is 10.0. The van der Waals surface area contributed by atoms with Crippen molar-refractivity contribution in [2.24, 2.45) is 0 Å². The number of hydrogen-bond donors (Lipinski definition) is 0. The third-order valence-corrected chi connectivity index (χ3v) is 7.96. The van der Waals surface area contributed by atoms with Crippen molar-refractivity contribution in [3.8, 4) is 0 Å². The summed E-state index contributed by atoms with van der Waals surface area (Å²) in [5.74, 6) is 2.31. The van der Waals surface area contributed by atoms with E-state index in [2.05, 4.69) is 56.0 Å². The molecule has 2 aromatic heterocycles. The van der Waals surface area contributed by atoms with E-state index < -0.39 is 11.7 Å². The van der Waals surface area contributed by atoms with Crippen molar-refractivity contribution in [2.75, 3.05) is 36.0 Å². The molecule has 0 unspecified atom stereocenters. The molecule has 0 atom stereocenters. The maximum atomic E-state index is 12.6. The fourth-order valence-electron chi connectivity index (χ4n) is 5.42. The molecule has 4 aromatic rings. The van der Waals surface area contributed by atoms with Crippen molar-refractivity contribution in [1.82, 2.24) is 19.9 Å². The number of Topliss-reactive ketones (excluding diaryl/α,β-unsaturated/α-hetero) is 2. The zero-order valence-electron chi connectivity index (χ0n) is 25.1. The van der Waals surface area contributed by atoms with Crippen LogP contribution in [0.2, 0.25) is 0 Å². The molecule has 2 fully saturated rings. The van der Waals surface area contributed by atoms with Crippen LogP contribution in [0.25, 0.3) is 0 Å². The molecule has 8 nitrogen and oxygen atoms in total. The predicted molar refractivity (Wildman–Crippen MR) is 165 cm³/mol. The Hall–Kier alpha value is -4.67. The van der Waals surface area contributed by atoms with Gasteiger partial charge in [-0.05, 0) is 30.2 Å². The molecule has 2 saturated heterocycles. The number of piperidine rings is 2. The summed E-state index contributed by atoms with van der Waals surface area (Å²) in [5, 5.41) is 0. The van der Waals surface area contributed by atoms with Crippen LogP contribution in [0, 0.1) is 6.92 Å². The number of alkyl halides is 3. The van der Waals surface area contributed by atoms with E-state index in [9.17, 15) is 22.8 Å². The summed E-state index contributed by atoms with van der Waals surface area (Å²) >= 11 is 0. The van der Waals surface area contributed by atoms with E-state index in [-0.39, 0.29) is 5.78 Å². The first kappa shape index (κ1) is 31.7. The second-order valence-corrected chi connectivity index (χ2v) is 11.3. The predicted octanol–water partition coefficient (Wildman–Crippen LogP) is 5.80. The third kappa shape index (κ3) is 8.71. The molecular weight excluding hydrogens is 581 g/mol. The monoisotopic (exact) mass is 616 g/mol. The van der Waals surface area contributed by atoms with E-state index in [4.69, 9.17) is 0 Å². The second-order valence-electron chi connectivity index (χ2n) is 11.3. The van der Waals surface area contributed by atoms with E-state index in [1.54, 1.807) is 12.5 Å². The van der Waals surface area contributed by atoms with Gasteiger partial charge in [0, 0.05) is 88.2 Å². The van der Waals surface area contributed by atoms with Crippen LogP contribution < -0.4 is 9.80 Å². The van der Waals surface area contributed by atoms with E-state index >= 15 is 0 Å². The molecule has 0 bridgehead atoms. The fraction of sp³-hybridized carbons (Fsp3) is 0.353. The molecule has 45 heavy (non-hydrogen) atoms. The minimum absolute atomic E-state index is 0.240. The number of rotatable bonds is 6. The molecule has 6 rings (SSSR count). The van der Waals surface area contributed by atoms with E-state index in [1.165, 1.54) is 29.6 Å². The van der Waals surface area contributed by atoms with Crippen LogP contribution >= 0.6 is 0 Å². The van der Waals surface area contributed by atoms with Crippen molar-refractivity contribution in [1.29, 1.82) is 0 Å². The molecule has 0 N–H and O–H groups in total. The first-order valence-electron chi connectivity index (χ1n) is 15.0. The molecule has 11 heteroatoms. The smallest absolute Gasteiger partial charge is 0.355 e. The maximum absolute atomic E-state index is 12.6. The lowest BCUT2D eigenvalue weighted by molar-refractivity contribution is -0.137. The maximum Gasteiger partial charge on any atom is 0.416 e. The van der Waals surface area contributed by atoms with Crippen molar-refractivity contribution in [2.45, 2.75) is 51.6 Å². The van der Waals surface area contributed by atoms with Gasteiger partial charge in [0.05, 0.1) is 5.56 Å². The number of aryl methyl sites for hydroxylation is 1. The highest BCUT2D eigenvalue weighted by atomic mass is 19.4. The van der Waals surface area contributed by atoms with Crippen LogP contribution in [0.3, 0.4) is 0 Å².